The summed E-state index contributed by atoms with van der Waals surface area (Å²) in [6, 6.07) is 10.9. The minimum atomic E-state index is 0.608. The van der Waals surface area contributed by atoms with Gasteiger partial charge in [0.05, 0.1) is 0 Å². The van der Waals surface area contributed by atoms with Gasteiger partial charge in [0.1, 0.15) is 11.6 Å². The number of rotatable bonds is 4. The second kappa shape index (κ2) is 9.42. The van der Waals surface area contributed by atoms with Crippen molar-refractivity contribution in [1.82, 2.24) is 25.0 Å². The molecule has 0 radical (unpaired) electrons. The number of guanidine groups is 1. The van der Waals surface area contributed by atoms with Gasteiger partial charge in [0.15, 0.2) is 5.96 Å². The molecule has 6 nitrogen and oxygen atoms in total. The van der Waals surface area contributed by atoms with Gasteiger partial charge in [-0.05, 0) is 36.7 Å². The van der Waals surface area contributed by atoms with E-state index in [9.17, 15) is 0 Å². The molecule has 1 fully saturated rings. The first-order valence-corrected chi connectivity index (χ1v) is 11.2. The highest BCUT2D eigenvalue weighted by atomic mass is 15.3. The molecule has 1 saturated heterocycles. The minimum Gasteiger partial charge on any atom is -0.356 e. The number of hydrogen-bond acceptors (Lipinski definition) is 3. The molecule has 0 bridgehead atoms. The van der Waals surface area contributed by atoms with Crippen LogP contribution in [0.1, 0.15) is 55.7 Å². The molecular formula is C23H34N6. The SMILES string of the molecule is CN=C(NCCc1nnc2n1CCCCC2)N1CCC(c2ccccc2)C(C)C1. The van der Waals surface area contributed by atoms with Gasteiger partial charge < -0.3 is 14.8 Å². The van der Waals surface area contributed by atoms with Gasteiger partial charge in [0.25, 0.3) is 0 Å². The monoisotopic (exact) mass is 394 g/mol. The summed E-state index contributed by atoms with van der Waals surface area (Å²) in [5.41, 5.74) is 1.47. The molecule has 1 N–H and O–H groups in total. The van der Waals surface area contributed by atoms with Gasteiger partial charge in [-0.1, -0.05) is 43.7 Å². The van der Waals surface area contributed by atoms with Crippen LogP contribution in [0.2, 0.25) is 0 Å². The van der Waals surface area contributed by atoms with E-state index in [4.69, 9.17) is 0 Å². The summed E-state index contributed by atoms with van der Waals surface area (Å²) >= 11 is 0. The van der Waals surface area contributed by atoms with Crippen LogP contribution in [0.4, 0.5) is 0 Å². The number of likely N-dealkylation sites (tertiary alicyclic amines) is 1. The zero-order chi connectivity index (χ0) is 20.1. The van der Waals surface area contributed by atoms with Crippen LogP contribution in [0.25, 0.3) is 0 Å². The van der Waals surface area contributed by atoms with Crippen molar-refractivity contribution in [3.8, 4) is 0 Å². The first kappa shape index (κ1) is 19.9. The summed E-state index contributed by atoms with van der Waals surface area (Å²) in [6.45, 7) is 6.36. The molecular weight excluding hydrogens is 360 g/mol. The van der Waals surface area contributed by atoms with Gasteiger partial charge in [0, 0.05) is 46.1 Å². The molecule has 3 heterocycles. The highest BCUT2D eigenvalue weighted by Crippen LogP contribution is 2.32. The Labute approximate surface area is 174 Å². The zero-order valence-corrected chi connectivity index (χ0v) is 17.8. The lowest BCUT2D eigenvalue weighted by Gasteiger charge is -2.39. The molecule has 156 valence electrons. The molecule has 2 aliphatic heterocycles. The molecule has 29 heavy (non-hydrogen) atoms. The lowest BCUT2D eigenvalue weighted by atomic mass is 9.82. The van der Waals surface area contributed by atoms with Gasteiger partial charge in [-0.15, -0.1) is 10.2 Å². The molecule has 6 heteroatoms. The Balaban J connectivity index is 1.31. The lowest BCUT2D eigenvalue weighted by Crippen LogP contribution is -2.48. The van der Waals surface area contributed by atoms with E-state index in [0.29, 0.717) is 11.8 Å². The van der Waals surface area contributed by atoms with Crippen LogP contribution in [0.15, 0.2) is 35.3 Å². The van der Waals surface area contributed by atoms with Gasteiger partial charge in [0.2, 0.25) is 0 Å². The maximum atomic E-state index is 4.55. The topological polar surface area (TPSA) is 58.3 Å². The molecule has 0 amide bonds. The van der Waals surface area contributed by atoms with Gasteiger partial charge in [-0.25, -0.2) is 0 Å². The van der Waals surface area contributed by atoms with E-state index >= 15 is 0 Å². The van der Waals surface area contributed by atoms with E-state index in [-0.39, 0.29) is 0 Å². The number of aliphatic imine (C=N–C) groups is 1. The van der Waals surface area contributed by atoms with E-state index in [2.05, 4.69) is 67.2 Å². The quantitative estimate of drug-likeness (QED) is 0.639. The summed E-state index contributed by atoms with van der Waals surface area (Å²) < 4.78 is 2.34. The Hall–Kier alpha value is -2.37. The molecule has 0 spiro atoms. The van der Waals surface area contributed by atoms with E-state index in [1.807, 2.05) is 7.05 Å². The number of nitrogens with zero attached hydrogens (tertiary/aromatic N) is 5. The third-order valence-corrected chi connectivity index (χ3v) is 6.46. The maximum Gasteiger partial charge on any atom is 0.193 e. The van der Waals surface area contributed by atoms with Crippen LogP contribution < -0.4 is 5.32 Å². The molecule has 2 aromatic rings. The molecule has 2 aliphatic rings. The number of hydrogen-bond donors (Lipinski definition) is 1. The molecule has 0 saturated carbocycles. The Morgan fingerprint density at radius 2 is 2.00 bits per heavy atom. The highest BCUT2D eigenvalue weighted by Gasteiger charge is 2.28. The first-order valence-electron chi connectivity index (χ1n) is 11.2. The third-order valence-electron chi connectivity index (χ3n) is 6.46. The Morgan fingerprint density at radius 1 is 1.14 bits per heavy atom. The van der Waals surface area contributed by atoms with Crippen LogP contribution in [-0.2, 0) is 19.4 Å². The fourth-order valence-electron chi connectivity index (χ4n) is 4.88. The van der Waals surface area contributed by atoms with Crippen molar-refractivity contribution >= 4 is 5.96 Å². The predicted molar refractivity (Wildman–Crippen MR) is 117 cm³/mol. The van der Waals surface area contributed by atoms with Crippen LogP contribution >= 0.6 is 0 Å². The fraction of sp³-hybridized carbons (Fsp3) is 0.609. The normalized spacial score (nSPS) is 22.8. The molecule has 2 atom stereocenters. The van der Waals surface area contributed by atoms with Crippen LogP contribution in [-0.4, -0.2) is 52.3 Å². The molecule has 0 aliphatic carbocycles. The second-order valence-electron chi connectivity index (χ2n) is 8.45. The van der Waals surface area contributed by atoms with Crippen molar-refractivity contribution in [3.05, 3.63) is 47.5 Å². The first-order chi connectivity index (χ1) is 14.3. The average molecular weight is 395 g/mol. The van der Waals surface area contributed by atoms with E-state index in [1.165, 1.54) is 37.1 Å². The Morgan fingerprint density at radius 3 is 2.79 bits per heavy atom. The number of piperidine rings is 1. The largest absolute Gasteiger partial charge is 0.356 e. The number of aryl methyl sites for hydroxylation is 1. The fourth-order valence-corrected chi connectivity index (χ4v) is 4.88. The van der Waals surface area contributed by atoms with Crippen molar-refractivity contribution in [2.45, 2.75) is 57.9 Å². The molecule has 4 rings (SSSR count). The predicted octanol–water partition coefficient (Wildman–Crippen LogP) is 3.25. The van der Waals surface area contributed by atoms with E-state index in [1.54, 1.807) is 0 Å². The van der Waals surface area contributed by atoms with Crippen molar-refractivity contribution in [3.63, 3.8) is 0 Å². The smallest absolute Gasteiger partial charge is 0.193 e. The van der Waals surface area contributed by atoms with Crippen molar-refractivity contribution in [1.29, 1.82) is 0 Å². The van der Waals surface area contributed by atoms with Crippen LogP contribution in [0.5, 0.6) is 0 Å². The van der Waals surface area contributed by atoms with Crippen LogP contribution in [0, 0.1) is 5.92 Å². The molecule has 1 aromatic carbocycles. The minimum absolute atomic E-state index is 0.608. The Kier molecular flexibility index (Phi) is 6.47. The summed E-state index contributed by atoms with van der Waals surface area (Å²) in [6.07, 6.45) is 6.90. The summed E-state index contributed by atoms with van der Waals surface area (Å²) in [4.78, 5) is 6.97. The second-order valence-corrected chi connectivity index (χ2v) is 8.45. The standard InChI is InChI=1S/C23H34N6/c1-18-17-28(16-13-20(18)19-9-5-3-6-10-19)23(24-2)25-14-12-22-27-26-21-11-7-4-8-15-29(21)22/h3,5-6,9-10,18,20H,4,7-8,11-17H2,1-2H3,(H,24,25). The molecule has 1 aromatic heterocycles. The number of fused-ring (bicyclic) bond motifs is 1. The number of aromatic nitrogens is 3. The highest BCUT2D eigenvalue weighted by molar-refractivity contribution is 5.80. The van der Waals surface area contributed by atoms with Gasteiger partial charge in [-0.2, -0.15) is 0 Å². The van der Waals surface area contributed by atoms with Gasteiger partial charge >= 0.3 is 0 Å². The average Bonchev–Trinajstić information content (AvgIpc) is 2.97. The Bertz CT molecular complexity index is 812. The van der Waals surface area contributed by atoms with Crippen LogP contribution in [0.3, 0.4) is 0 Å². The maximum absolute atomic E-state index is 4.55. The number of benzene rings is 1. The van der Waals surface area contributed by atoms with Gasteiger partial charge in [-0.3, -0.25) is 4.99 Å². The summed E-state index contributed by atoms with van der Waals surface area (Å²) in [5.74, 6) is 4.53. The summed E-state index contributed by atoms with van der Waals surface area (Å²) in [5, 5.41) is 12.4. The summed E-state index contributed by atoms with van der Waals surface area (Å²) in [7, 11) is 1.89. The van der Waals surface area contributed by atoms with Crippen molar-refractivity contribution in [2.75, 3.05) is 26.7 Å². The van der Waals surface area contributed by atoms with Crippen molar-refractivity contribution in [2.24, 2.45) is 10.9 Å². The van der Waals surface area contributed by atoms with E-state index < -0.39 is 0 Å². The van der Waals surface area contributed by atoms with E-state index in [0.717, 1.165) is 50.8 Å². The lowest BCUT2D eigenvalue weighted by molar-refractivity contribution is 0.234. The third kappa shape index (κ3) is 4.62. The number of nitrogens with one attached hydrogen (secondary N) is 1. The molecule has 2 unspecified atom stereocenters. The van der Waals surface area contributed by atoms with Crippen molar-refractivity contribution < 1.29 is 0 Å². The zero-order valence-electron chi connectivity index (χ0n) is 17.8.